The third-order valence-corrected chi connectivity index (χ3v) is 9.38. The Bertz CT molecular complexity index is 1630. The zero-order chi connectivity index (χ0) is 36.6. The van der Waals surface area contributed by atoms with Gasteiger partial charge in [-0.3, -0.25) is 19.4 Å². The standard InChI is InChI=1S/C28H34F3N5O4.C5H3F3OS/c1-2-6-23-19(7-5-12-36(23)27(40)20-17-32-11-10-21(20)28(29,30)31)26(39)35-15-13-34(14-16-35)24-9-4-3-8-22(24)33-25(38)18-37;6-5(7,8)4-1-3(9)2-10-4/h3-4,8-11,17,19,23,37H,2,5-7,12-16,18H2,1H3,(H,33,38);1-2,9H. The summed E-state index contributed by atoms with van der Waals surface area (Å²) in [5.41, 5.74) is -0.168. The molecule has 0 radical (unpaired) electrons. The first-order valence-electron chi connectivity index (χ1n) is 15.9. The molecule has 0 saturated carbocycles. The quantitative estimate of drug-likeness (QED) is 0.260. The number of aromatic nitrogens is 1. The maximum atomic E-state index is 13.8. The van der Waals surface area contributed by atoms with Gasteiger partial charge in [-0.05, 0) is 37.5 Å². The largest absolute Gasteiger partial charge is 0.507 e. The highest BCUT2D eigenvalue weighted by molar-refractivity contribution is 7.10. The highest BCUT2D eigenvalue weighted by Crippen LogP contribution is 2.37. The molecule has 5 rings (SSSR count). The van der Waals surface area contributed by atoms with E-state index in [0.717, 1.165) is 29.5 Å². The number of para-hydroxylation sites is 2. The van der Waals surface area contributed by atoms with Crippen molar-refractivity contribution in [2.24, 2.45) is 5.92 Å². The number of benzene rings is 1. The Morgan fingerprint density at radius 2 is 1.70 bits per heavy atom. The van der Waals surface area contributed by atoms with Gasteiger partial charge in [0, 0.05) is 62.6 Å². The SMILES string of the molecule is CCCC1C(C(=O)N2CCN(c3ccccc3NC(=O)CO)CC2)CCCN1C(=O)c1cnccc1C(F)(F)F.Oc1csc(C(F)(F)F)c1. The lowest BCUT2D eigenvalue weighted by Crippen LogP contribution is -2.56. The number of rotatable bonds is 7. The molecule has 272 valence electrons. The predicted molar refractivity (Wildman–Crippen MR) is 174 cm³/mol. The van der Waals surface area contributed by atoms with Crippen molar-refractivity contribution in [3.05, 3.63) is 70.2 Å². The average molecular weight is 730 g/mol. The van der Waals surface area contributed by atoms with Gasteiger partial charge in [0.25, 0.3) is 5.91 Å². The first-order chi connectivity index (χ1) is 23.6. The monoisotopic (exact) mass is 729 g/mol. The second-order valence-corrected chi connectivity index (χ2v) is 12.6. The topological polar surface area (TPSA) is 126 Å². The fraction of sp³-hybridized carbons (Fsp3) is 0.455. The zero-order valence-corrected chi connectivity index (χ0v) is 27.8. The summed E-state index contributed by atoms with van der Waals surface area (Å²) in [7, 11) is 0. The highest BCUT2D eigenvalue weighted by atomic mass is 32.1. The van der Waals surface area contributed by atoms with Crippen LogP contribution in [0.3, 0.4) is 0 Å². The number of anilines is 2. The Balaban J connectivity index is 0.000000482. The third kappa shape index (κ3) is 9.44. The van der Waals surface area contributed by atoms with Crippen LogP contribution in [0.4, 0.5) is 37.7 Å². The molecule has 17 heteroatoms. The molecule has 2 fully saturated rings. The summed E-state index contributed by atoms with van der Waals surface area (Å²) in [4.78, 5) is 47.2. The van der Waals surface area contributed by atoms with Crippen LogP contribution in [-0.2, 0) is 21.9 Å². The number of piperidine rings is 1. The van der Waals surface area contributed by atoms with Gasteiger partial charge in [0.15, 0.2) is 0 Å². The lowest BCUT2D eigenvalue weighted by Gasteiger charge is -2.44. The van der Waals surface area contributed by atoms with Gasteiger partial charge in [0.2, 0.25) is 11.8 Å². The summed E-state index contributed by atoms with van der Waals surface area (Å²) in [5.74, 6) is -2.21. The minimum absolute atomic E-state index is 0.0975. The van der Waals surface area contributed by atoms with Crippen molar-refractivity contribution in [3.63, 3.8) is 0 Å². The molecule has 1 aromatic carbocycles. The number of thiophene rings is 1. The Kier molecular flexibility index (Phi) is 12.7. The number of pyridine rings is 1. The minimum atomic E-state index is -4.70. The van der Waals surface area contributed by atoms with E-state index in [0.29, 0.717) is 75.0 Å². The number of nitrogens with one attached hydrogen (secondary N) is 1. The van der Waals surface area contributed by atoms with Crippen LogP contribution >= 0.6 is 11.3 Å². The molecular weight excluding hydrogens is 692 g/mol. The zero-order valence-electron chi connectivity index (χ0n) is 27.0. The molecule has 2 aliphatic rings. The van der Waals surface area contributed by atoms with E-state index in [1.54, 1.807) is 17.0 Å². The van der Waals surface area contributed by atoms with Gasteiger partial charge < -0.3 is 30.2 Å². The maximum absolute atomic E-state index is 13.8. The lowest BCUT2D eigenvalue weighted by atomic mass is 9.84. The summed E-state index contributed by atoms with van der Waals surface area (Å²) in [6.45, 7) is 3.44. The summed E-state index contributed by atoms with van der Waals surface area (Å²) < 4.78 is 76.0. The van der Waals surface area contributed by atoms with E-state index >= 15 is 0 Å². The number of aliphatic hydroxyl groups is 1. The van der Waals surface area contributed by atoms with Crippen molar-refractivity contribution >= 4 is 40.4 Å². The molecule has 10 nitrogen and oxygen atoms in total. The molecular formula is C33H37F6N5O5S. The second-order valence-electron chi connectivity index (χ2n) is 11.7. The molecule has 3 amide bonds. The number of likely N-dealkylation sites (tertiary alicyclic amines) is 1. The smallest absolute Gasteiger partial charge is 0.425 e. The molecule has 4 heterocycles. The average Bonchev–Trinajstić information content (AvgIpc) is 3.55. The fourth-order valence-corrected chi connectivity index (χ4v) is 6.78. The molecule has 2 unspecified atom stereocenters. The summed E-state index contributed by atoms with van der Waals surface area (Å²) in [5, 5.41) is 21.3. The molecule has 2 saturated heterocycles. The number of nitrogens with zero attached hydrogens (tertiary/aromatic N) is 4. The molecule has 2 aliphatic heterocycles. The minimum Gasteiger partial charge on any atom is -0.507 e. The first kappa shape index (κ1) is 38.4. The molecule has 2 atom stereocenters. The fourth-order valence-electron chi connectivity index (χ4n) is 6.14. The summed E-state index contributed by atoms with van der Waals surface area (Å²) in [6.07, 6.45) is -4.80. The number of amides is 3. The summed E-state index contributed by atoms with van der Waals surface area (Å²) in [6, 6.07) is 8.23. The first-order valence-corrected chi connectivity index (χ1v) is 16.7. The number of hydrogen-bond acceptors (Lipinski definition) is 8. The van der Waals surface area contributed by atoms with E-state index in [9.17, 15) is 40.7 Å². The van der Waals surface area contributed by atoms with Crippen molar-refractivity contribution in [1.29, 1.82) is 0 Å². The Hall–Kier alpha value is -4.38. The van der Waals surface area contributed by atoms with Gasteiger partial charge in [-0.1, -0.05) is 25.5 Å². The Labute approximate surface area is 288 Å². The number of alkyl halides is 6. The number of aromatic hydroxyl groups is 1. The van der Waals surface area contributed by atoms with Gasteiger partial charge in [-0.15, -0.1) is 11.3 Å². The molecule has 3 N–H and O–H groups in total. The van der Waals surface area contributed by atoms with E-state index in [2.05, 4.69) is 15.2 Å². The second kappa shape index (κ2) is 16.6. The number of carbonyl (C=O) groups is 3. The van der Waals surface area contributed by atoms with Crippen LogP contribution in [0.15, 0.2) is 54.2 Å². The van der Waals surface area contributed by atoms with Crippen molar-refractivity contribution in [2.75, 3.05) is 49.5 Å². The van der Waals surface area contributed by atoms with Crippen LogP contribution in [0.2, 0.25) is 0 Å². The molecule has 50 heavy (non-hydrogen) atoms. The van der Waals surface area contributed by atoms with Crippen LogP contribution in [0.1, 0.15) is 53.4 Å². The molecule has 0 aliphatic carbocycles. The van der Waals surface area contributed by atoms with Crippen molar-refractivity contribution in [2.45, 2.75) is 51.0 Å². The number of halogens is 6. The van der Waals surface area contributed by atoms with E-state index in [1.807, 2.05) is 19.1 Å². The van der Waals surface area contributed by atoms with Crippen molar-refractivity contribution in [3.8, 4) is 5.75 Å². The number of aliphatic hydroxyl groups excluding tert-OH is 1. The number of carbonyl (C=O) groups excluding carboxylic acids is 3. The van der Waals surface area contributed by atoms with Crippen molar-refractivity contribution in [1.82, 2.24) is 14.8 Å². The van der Waals surface area contributed by atoms with Gasteiger partial charge in [0.1, 0.15) is 17.2 Å². The lowest BCUT2D eigenvalue weighted by molar-refractivity contribution is -0.140. The van der Waals surface area contributed by atoms with Crippen LogP contribution in [0.5, 0.6) is 5.75 Å². The van der Waals surface area contributed by atoms with Crippen LogP contribution in [-0.4, -0.2) is 88.1 Å². The van der Waals surface area contributed by atoms with Crippen LogP contribution in [0.25, 0.3) is 0 Å². The van der Waals surface area contributed by atoms with Gasteiger partial charge in [0.05, 0.1) is 28.4 Å². The third-order valence-electron chi connectivity index (χ3n) is 8.42. The molecule has 0 spiro atoms. The molecule has 3 aromatic rings. The summed E-state index contributed by atoms with van der Waals surface area (Å²) >= 11 is 0.481. The predicted octanol–water partition coefficient (Wildman–Crippen LogP) is 5.87. The normalized spacial score (nSPS) is 18.3. The number of piperazine rings is 1. The van der Waals surface area contributed by atoms with Gasteiger partial charge in [-0.2, -0.15) is 26.3 Å². The Morgan fingerprint density at radius 3 is 2.28 bits per heavy atom. The van der Waals surface area contributed by atoms with E-state index in [1.165, 1.54) is 4.90 Å². The van der Waals surface area contributed by atoms with E-state index in [4.69, 9.17) is 10.2 Å². The maximum Gasteiger partial charge on any atom is 0.425 e. The van der Waals surface area contributed by atoms with E-state index < -0.39 is 58.7 Å². The molecule has 2 aromatic heterocycles. The van der Waals surface area contributed by atoms with Gasteiger partial charge in [-0.25, -0.2) is 0 Å². The highest BCUT2D eigenvalue weighted by Gasteiger charge is 2.43. The van der Waals surface area contributed by atoms with Gasteiger partial charge >= 0.3 is 12.4 Å². The van der Waals surface area contributed by atoms with E-state index in [-0.39, 0.29) is 18.2 Å². The van der Waals surface area contributed by atoms with Crippen LogP contribution in [0, 0.1) is 5.92 Å². The molecule has 0 bridgehead atoms. The Morgan fingerprint density at radius 1 is 1.00 bits per heavy atom. The van der Waals surface area contributed by atoms with Crippen LogP contribution < -0.4 is 10.2 Å². The number of hydrogen-bond donors (Lipinski definition) is 3. The van der Waals surface area contributed by atoms with Crippen molar-refractivity contribution < 1.29 is 50.9 Å².